The number of carboxylic acids is 1. The van der Waals surface area contributed by atoms with E-state index in [2.05, 4.69) is 0 Å². The van der Waals surface area contributed by atoms with Gasteiger partial charge in [0.15, 0.2) is 0 Å². The van der Waals surface area contributed by atoms with Crippen LogP contribution >= 0.6 is 11.8 Å². The van der Waals surface area contributed by atoms with Crippen molar-refractivity contribution in [1.29, 1.82) is 0 Å². The number of carbonyl (C=O) groups is 3. The van der Waals surface area contributed by atoms with Crippen LogP contribution in [0.5, 0.6) is 0 Å². The van der Waals surface area contributed by atoms with E-state index in [1.807, 2.05) is 0 Å². The molecule has 2 aliphatic heterocycles. The standard InChI is InChI=1S/C12H19N3O4S/c13-10(16)5-8-1-3-14(4-2-8)12(19)15-7-20-6-9(15)11(17)18/h8-9H,1-7H2,(H2,13,16)(H,17,18). The minimum absolute atomic E-state index is 0.208. The van der Waals surface area contributed by atoms with Gasteiger partial charge in [-0.15, -0.1) is 11.8 Å². The Labute approximate surface area is 121 Å². The molecule has 7 nitrogen and oxygen atoms in total. The summed E-state index contributed by atoms with van der Waals surface area (Å²) in [6, 6.07) is -0.934. The molecule has 0 aliphatic carbocycles. The third-order valence-electron chi connectivity index (χ3n) is 3.79. The molecule has 112 valence electrons. The van der Waals surface area contributed by atoms with Gasteiger partial charge in [-0.1, -0.05) is 0 Å². The first-order valence-corrected chi connectivity index (χ1v) is 7.79. The average molecular weight is 301 g/mol. The number of rotatable bonds is 3. The number of likely N-dealkylation sites (tertiary alicyclic amines) is 1. The van der Waals surface area contributed by atoms with Crippen molar-refractivity contribution < 1.29 is 19.5 Å². The molecule has 2 rings (SSSR count). The molecule has 2 saturated heterocycles. The molecule has 0 bridgehead atoms. The highest BCUT2D eigenvalue weighted by Gasteiger charge is 2.37. The Kier molecular flexibility index (Phi) is 4.74. The van der Waals surface area contributed by atoms with E-state index < -0.39 is 12.0 Å². The van der Waals surface area contributed by atoms with Crippen LogP contribution in [0.3, 0.4) is 0 Å². The first-order valence-electron chi connectivity index (χ1n) is 6.63. The molecular weight excluding hydrogens is 282 g/mol. The predicted molar refractivity (Wildman–Crippen MR) is 74.1 cm³/mol. The summed E-state index contributed by atoms with van der Waals surface area (Å²) < 4.78 is 0. The number of urea groups is 1. The molecule has 0 spiro atoms. The lowest BCUT2D eigenvalue weighted by Gasteiger charge is -2.35. The quantitative estimate of drug-likeness (QED) is 0.772. The van der Waals surface area contributed by atoms with Gasteiger partial charge >= 0.3 is 12.0 Å². The summed E-state index contributed by atoms with van der Waals surface area (Å²) in [6.07, 6.45) is 1.85. The fraction of sp³-hybridized carbons (Fsp3) is 0.750. The molecule has 0 radical (unpaired) electrons. The Hall–Kier alpha value is -1.44. The molecule has 20 heavy (non-hydrogen) atoms. The smallest absolute Gasteiger partial charge is 0.327 e. The van der Waals surface area contributed by atoms with Crippen molar-refractivity contribution >= 4 is 29.7 Å². The Morgan fingerprint density at radius 3 is 2.45 bits per heavy atom. The molecule has 8 heteroatoms. The van der Waals surface area contributed by atoms with E-state index in [-0.39, 0.29) is 17.9 Å². The highest BCUT2D eigenvalue weighted by Crippen LogP contribution is 2.26. The molecule has 2 aliphatic rings. The summed E-state index contributed by atoms with van der Waals surface area (Å²) in [6.45, 7) is 1.12. The zero-order valence-electron chi connectivity index (χ0n) is 11.2. The molecular formula is C12H19N3O4S. The van der Waals surface area contributed by atoms with E-state index in [0.29, 0.717) is 31.1 Å². The number of piperidine rings is 1. The molecule has 2 heterocycles. The SMILES string of the molecule is NC(=O)CC1CCN(C(=O)N2CSCC2C(=O)O)CC1. The van der Waals surface area contributed by atoms with Crippen LogP contribution in [-0.4, -0.2) is 63.6 Å². The molecule has 1 unspecified atom stereocenters. The van der Waals surface area contributed by atoms with E-state index in [9.17, 15) is 14.4 Å². The van der Waals surface area contributed by atoms with E-state index in [1.54, 1.807) is 4.90 Å². The zero-order chi connectivity index (χ0) is 14.7. The fourth-order valence-electron chi connectivity index (χ4n) is 2.63. The molecule has 2 fully saturated rings. The highest BCUT2D eigenvalue weighted by atomic mass is 32.2. The normalized spacial score (nSPS) is 23.9. The topological polar surface area (TPSA) is 104 Å². The number of aliphatic carboxylic acids is 1. The van der Waals surface area contributed by atoms with Crippen LogP contribution in [0.15, 0.2) is 0 Å². The number of nitrogens with zero attached hydrogens (tertiary/aromatic N) is 2. The van der Waals surface area contributed by atoms with Crippen molar-refractivity contribution in [3.63, 3.8) is 0 Å². The van der Waals surface area contributed by atoms with Gasteiger partial charge in [0.1, 0.15) is 6.04 Å². The maximum absolute atomic E-state index is 12.3. The number of hydrogen-bond donors (Lipinski definition) is 2. The van der Waals surface area contributed by atoms with Gasteiger partial charge < -0.3 is 20.6 Å². The summed E-state index contributed by atoms with van der Waals surface area (Å²) in [5, 5.41) is 9.09. The third-order valence-corrected chi connectivity index (χ3v) is 4.80. The maximum atomic E-state index is 12.3. The van der Waals surface area contributed by atoms with Crippen molar-refractivity contribution in [3.05, 3.63) is 0 Å². The van der Waals surface area contributed by atoms with E-state index in [1.165, 1.54) is 16.7 Å². The van der Waals surface area contributed by atoms with E-state index >= 15 is 0 Å². The van der Waals surface area contributed by atoms with Gasteiger partial charge in [0.05, 0.1) is 5.88 Å². The molecule has 0 aromatic rings. The van der Waals surface area contributed by atoms with Crippen molar-refractivity contribution in [3.8, 4) is 0 Å². The van der Waals surface area contributed by atoms with Crippen molar-refractivity contribution in [2.45, 2.75) is 25.3 Å². The number of primary amides is 1. The molecule has 3 N–H and O–H groups in total. The van der Waals surface area contributed by atoms with Gasteiger partial charge in [0, 0.05) is 25.3 Å². The lowest BCUT2D eigenvalue weighted by atomic mass is 9.93. The molecule has 1 atom stereocenters. The summed E-state index contributed by atoms with van der Waals surface area (Å²) in [7, 11) is 0. The van der Waals surface area contributed by atoms with Crippen LogP contribution in [0.4, 0.5) is 4.79 Å². The maximum Gasteiger partial charge on any atom is 0.327 e. The summed E-state index contributed by atoms with van der Waals surface area (Å²) in [5.41, 5.74) is 5.17. The van der Waals surface area contributed by atoms with Gasteiger partial charge in [0.2, 0.25) is 5.91 Å². The van der Waals surface area contributed by atoms with Crippen LogP contribution in [-0.2, 0) is 9.59 Å². The average Bonchev–Trinajstić information content (AvgIpc) is 2.87. The number of carbonyl (C=O) groups excluding carboxylic acids is 2. The number of thioether (sulfide) groups is 1. The number of nitrogens with two attached hydrogens (primary N) is 1. The summed E-state index contributed by atoms with van der Waals surface area (Å²) >= 11 is 1.46. The van der Waals surface area contributed by atoms with Crippen molar-refractivity contribution in [1.82, 2.24) is 9.80 Å². The van der Waals surface area contributed by atoms with Crippen LogP contribution < -0.4 is 5.73 Å². The molecule has 0 saturated carbocycles. The first-order chi connectivity index (χ1) is 9.49. The van der Waals surface area contributed by atoms with E-state index in [0.717, 1.165) is 12.8 Å². The van der Waals surface area contributed by atoms with Gasteiger partial charge in [-0.2, -0.15) is 0 Å². The lowest BCUT2D eigenvalue weighted by molar-refractivity contribution is -0.141. The summed E-state index contributed by atoms with van der Waals surface area (Å²) in [4.78, 5) is 37.4. The minimum Gasteiger partial charge on any atom is -0.480 e. The third kappa shape index (κ3) is 3.36. The van der Waals surface area contributed by atoms with Crippen LogP contribution in [0.25, 0.3) is 0 Å². The Bertz CT molecular complexity index is 410. The second-order valence-electron chi connectivity index (χ2n) is 5.21. The van der Waals surface area contributed by atoms with Gasteiger partial charge in [-0.25, -0.2) is 9.59 Å². The first kappa shape index (κ1) is 15.0. The van der Waals surface area contributed by atoms with E-state index in [4.69, 9.17) is 10.8 Å². The van der Waals surface area contributed by atoms with Gasteiger partial charge in [0.25, 0.3) is 0 Å². The second kappa shape index (κ2) is 6.34. The van der Waals surface area contributed by atoms with Crippen LogP contribution in [0.1, 0.15) is 19.3 Å². The van der Waals surface area contributed by atoms with Crippen molar-refractivity contribution in [2.24, 2.45) is 11.7 Å². The van der Waals surface area contributed by atoms with Gasteiger partial charge in [-0.3, -0.25) is 4.79 Å². The Morgan fingerprint density at radius 2 is 1.90 bits per heavy atom. The highest BCUT2D eigenvalue weighted by molar-refractivity contribution is 7.99. The number of hydrogen-bond acceptors (Lipinski definition) is 4. The molecule has 3 amide bonds. The lowest BCUT2D eigenvalue weighted by Crippen LogP contribution is -2.51. The Balaban J connectivity index is 1.88. The van der Waals surface area contributed by atoms with Crippen LogP contribution in [0.2, 0.25) is 0 Å². The predicted octanol–water partition coefficient (Wildman–Crippen LogP) is 0.153. The largest absolute Gasteiger partial charge is 0.480 e. The molecule has 0 aromatic carbocycles. The zero-order valence-corrected chi connectivity index (χ0v) is 12.0. The monoisotopic (exact) mass is 301 g/mol. The Morgan fingerprint density at radius 1 is 1.25 bits per heavy atom. The second-order valence-corrected chi connectivity index (χ2v) is 6.21. The molecule has 0 aromatic heterocycles. The minimum atomic E-state index is -0.952. The summed E-state index contributed by atoms with van der Waals surface area (Å²) in [5.74, 6) is -0.153. The fourth-order valence-corrected chi connectivity index (χ4v) is 3.77. The van der Waals surface area contributed by atoms with Gasteiger partial charge in [-0.05, 0) is 18.8 Å². The van der Waals surface area contributed by atoms with Crippen LogP contribution in [0, 0.1) is 5.92 Å². The number of carboxylic acid groups (broad SMARTS) is 1. The number of amides is 3. The van der Waals surface area contributed by atoms with Crippen molar-refractivity contribution in [2.75, 3.05) is 24.7 Å².